The smallest absolute Gasteiger partial charge is 0.346 e. The third-order valence-corrected chi connectivity index (χ3v) is 3.99. The Bertz CT molecular complexity index is 819. The van der Waals surface area contributed by atoms with Crippen LogP contribution in [0.3, 0.4) is 0 Å². The molecule has 0 radical (unpaired) electrons. The lowest BCUT2D eigenvalue weighted by molar-refractivity contribution is -0.147. The molecule has 25 heavy (non-hydrogen) atoms. The van der Waals surface area contributed by atoms with E-state index in [9.17, 15) is 9.59 Å². The van der Waals surface area contributed by atoms with Crippen molar-refractivity contribution in [2.45, 2.75) is 20.0 Å². The van der Waals surface area contributed by atoms with Gasteiger partial charge in [0.15, 0.2) is 18.1 Å². The number of hydrogen-bond donors (Lipinski definition) is 0. The standard InChI is InChI=1S/C16H16Cl2N2O5/c1-8-12(7-21)19-20(3)15(8)25-14-6-13(10(17)5-11(14)18)24-9(2)16(22)23-4/h5-7,9H,1-4H3/t9-/m0/s1. The van der Waals surface area contributed by atoms with E-state index in [4.69, 9.17) is 32.7 Å². The minimum atomic E-state index is -0.864. The topological polar surface area (TPSA) is 79.7 Å². The van der Waals surface area contributed by atoms with Crippen LogP contribution in [-0.4, -0.2) is 35.2 Å². The molecule has 0 N–H and O–H groups in total. The fraction of sp³-hybridized carbons (Fsp3) is 0.312. The van der Waals surface area contributed by atoms with Gasteiger partial charge in [-0.25, -0.2) is 9.48 Å². The van der Waals surface area contributed by atoms with Crippen molar-refractivity contribution in [2.75, 3.05) is 7.11 Å². The van der Waals surface area contributed by atoms with E-state index in [0.29, 0.717) is 17.7 Å². The summed E-state index contributed by atoms with van der Waals surface area (Å²) in [6, 6.07) is 2.89. The summed E-state index contributed by atoms with van der Waals surface area (Å²) in [7, 11) is 2.89. The fourth-order valence-corrected chi connectivity index (χ4v) is 2.54. The summed E-state index contributed by atoms with van der Waals surface area (Å²) in [5.74, 6) is 0.237. The molecule has 0 saturated heterocycles. The maximum absolute atomic E-state index is 11.5. The highest BCUT2D eigenvalue weighted by Crippen LogP contribution is 2.39. The Morgan fingerprint density at radius 2 is 1.92 bits per heavy atom. The first kappa shape index (κ1) is 19.1. The lowest BCUT2D eigenvalue weighted by Crippen LogP contribution is -2.25. The van der Waals surface area contributed by atoms with Crippen molar-refractivity contribution in [3.63, 3.8) is 0 Å². The second kappa shape index (κ2) is 7.76. The average molecular weight is 387 g/mol. The number of methoxy groups -OCH3 is 1. The molecule has 2 aromatic rings. The number of hydrogen-bond acceptors (Lipinski definition) is 6. The van der Waals surface area contributed by atoms with Gasteiger partial charge in [0.05, 0.1) is 17.2 Å². The quantitative estimate of drug-likeness (QED) is 0.557. The van der Waals surface area contributed by atoms with Crippen LogP contribution in [0.5, 0.6) is 17.4 Å². The molecule has 1 heterocycles. The molecule has 0 saturated carbocycles. The third-order valence-electron chi connectivity index (χ3n) is 3.40. The second-order valence-corrected chi connectivity index (χ2v) is 5.97. The predicted octanol–water partition coefficient (Wildman–Crippen LogP) is 3.58. The number of aryl methyl sites for hydroxylation is 1. The zero-order valence-electron chi connectivity index (χ0n) is 14.0. The summed E-state index contributed by atoms with van der Waals surface area (Å²) in [4.78, 5) is 22.5. The molecule has 0 spiro atoms. The molecule has 2 rings (SSSR count). The van der Waals surface area contributed by atoms with Crippen LogP contribution in [0.1, 0.15) is 23.0 Å². The molecule has 0 fully saturated rings. The molecular weight excluding hydrogens is 371 g/mol. The molecule has 0 aliphatic carbocycles. The van der Waals surface area contributed by atoms with E-state index >= 15 is 0 Å². The Labute approximate surface area is 154 Å². The number of rotatable bonds is 6. The number of carbonyl (C=O) groups excluding carboxylic acids is 2. The van der Waals surface area contributed by atoms with E-state index in [1.165, 1.54) is 30.8 Å². The van der Waals surface area contributed by atoms with Crippen LogP contribution < -0.4 is 9.47 Å². The predicted molar refractivity (Wildman–Crippen MR) is 92.0 cm³/mol. The first-order valence-corrected chi connectivity index (χ1v) is 7.94. The van der Waals surface area contributed by atoms with Crippen molar-refractivity contribution in [3.8, 4) is 17.4 Å². The number of ether oxygens (including phenoxy) is 3. The lowest BCUT2D eigenvalue weighted by Gasteiger charge is -2.16. The van der Waals surface area contributed by atoms with Crippen molar-refractivity contribution >= 4 is 35.5 Å². The van der Waals surface area contributed by atoms with Crippen molar-refractivity contribution in [3.05, 3.63) is 33.4 Å². The van der Waals surface area contributed by atoms with E-state index in [0.717, 1.165) is 0 Å². The van der Waals surface area contributed by atoms with E-state index in [-0.39, 0.29) is 27.2 Å². The van der Waals surface area contributed by atoms with Crippen LogP contribution in [0.25, 0.3) is 0 Å². The number of esters is 1. The van der Waals surface area contributed by atoms with Crippen molar-refractivity contribution in [1.29, 1.82) is 0 Å². The number of nitrogens with zero attached hydrogens (tertiary/aromatic N) is 2. The fourth-order valence-electron chi connectivity index (χ4n) is 2.08. The molecule has 0 bridgehead atoms. The molecular formula is C16H16Cl2N2O5. The molecule has 0 unspecified atom stereocenters. The van der Waals surface area contributed by atoms with Gasteiger partial charge in [-0.15, -0.1) is 0 Å². The summed E-state index contributed by atoms with van der Waals surface area (Å²) in [6.07, 6.45) is -0.227. The summed E-state index contributed by atoms with van der Waals surface area (Å²) >= 11 is 12.3. The Kier molecular flexibility index (Phi) is 5.92. The van der Waals surface area contributed by atoms with Gasteiger partial charge in [0, 0.05) is 18.7 Å². The summed E-state index contributed by atoms with van der Waals surface area (Å²) < 4.78 is 17.3. The highest BCUT2D eigenvalue weighted by atomic mass is 35.5. The molecule has 134 valence electrons. The Balaban J connectivity index is 2.36. The lowest BCUT2D eigenvalue weighted by atomic mass is 10.3. The van der Waals surface area contributed by atoms with Gasteiger partial charge in [-0.2, -0.15) is 5.10 Å². The van der Waals surface area contributed by atoms with Crippen LogP contribution in [-0.2, 0) is 16.6 Å². The molecule has 1 aromatic heterocycles. The molecule has 0 aliphatic rings. The van der Waals surface area contributed by atoms with E-state index in [1.54, 1.807) is 14.0 Å². The average Bonchev–Trinajstić information content (AvgIpc) is 2.85. The van der Waals surface area contributed by atoms with Crippen molar-refractivity contribution < 1.29 is 23.8 Å². The number of aldehydes is 1. The second-order valence-electron chi connectivity index (χ2n) is 5.16. The van der Waals surface area contributed by atoms with Gasteiger partial charge in [-0.1, -0.05) is 23.2 Å². The summed E-state index contributed by atoms with van der Waals surface area (Å²) in [6.45, 7) is 3.23. The van der Waals surface area contributed by atoms with Crippen LogP contribution in [0.4, 0.5) is 0 Å². The number of carbonyl (C=O) groups is 2. The van der Waals surface area contributed by atoms with Crippen LogP contribution >= 0.6 is 23.2 Å². The van der Waals surface area contributed by atoms with Gasteiger partial charge in [0.1, 0.15) is 11.4 Å². The summed E-state index contributed by atoms with van der Waals surface area (Å²) in [5.41, 5.74) is 0.826. The molecule has 0 amide bonds. The van der Waals surface area contributed by atoms with Crippen molar-refractivity contribution in [2.24, 2.45) is 7.05 Å². The van der Waals surface area contributed by atoms with Gasteiger partial charge in [-0.05, 0) is 19.9 Å². The maximum Gasteiger partial charge on any atom is 0.346 e. The maximum atomic E-state index is 11.5. The van der Waals surface area contributed by atoms with Crippen molar-refractivity contribution in [1.82, 2.24) is 9.78 Å². The molecule has 1 aromatic carbocycles. The van der Waals surface area contributed by atoms with Crippen LogP contribution in [0.15, 0.2) is 12.1 Å². The van der Waals surface area contributed by atoms with Crippen LogP contribution in [0.2, 0.25) is 10.0 Å². The number of halogens is 2. The third kappa shape index (κ3) is 4.05. The van der Waals surface area contributed by atoms with Gasteiger partial charge >= 0.3 is 5.97 Å². The Morgan fingerprint density at radius 1 is 1.28 bits per heavy atom. The number of aromatic nitrogens is 2. The Hall–Kier alpha value is -2.25. The Morgan fingerprint density at radius 3 is 2.48 bits per heavy atom. The highest BCUT2D eigenvalue weighted by molar-refractivity contribution is 6.36. The minimum Gasteiger partial charge on any atom is -0.477 e. The monoisotopic (exact) mass is 386 g/mol. The summed E-state index contributed by atoms with van der Waals surface area (Å²) in [5, 5.41) is 4.48. The van der Waals surface area contributed by atoms with Gasteiger partial charge in [-0.3, -0.25) is 4.79 Å². The van der Waals surface area contributed by atoms with E-state index < -0.39 is 12.1 Å². The first-order chi connectivity index (χ1) is 11.8. The largest absolute Gasteiger partial charge is 0.477 e. The first-order valence-electron chi connectivity index (χ1n) is 7.18. The van der Waals surface area contributed by atoms with Gasteiger partial charge < -0.3 is 14.2 Å². The molecule has 9 heteroatoms. The van der Waals surface area contributed by atoms with Gasteiger partial charge in [0.25, 0.3) is 0 Å². The zero-order chi connectivity index (χ0) is 18.7. The van der Waals surface area contributed by atoms with Crippen LogP contribution in [0, 0.1) is 6.92 Å². The normalized spacial score (nSPS) is 11.8. The zero-order valence-corrected chi connectivity index (χ0v) is 15.5. The molecule has 7 nitrogen and oxygen atoms in total. The highest BCUT2D eigenvalue weighted by Gasteiger charge is 2.20. The molecule has 1 atom stereocenters. The van der Waals surface area contributed by atoms with E-state index in [1.807, 2.05) is 0 Å². The van der Waals surface area contributed by atoms with Gasteiger partial charge in [0.2, 0.25) is 5.88 Å². The molecule has 0 aliphatic heterocycles. The van der Waals surface area contributed by atoms with E-state index in [2.05, 4.69) is 9.84 Å². The SMILES string of the molecule is COC(=O)[C@H](C)Oc1cc(Oc2c(C)c(C=O)nn2C)c(Cl)cc1Cl. The minimum absolute atomic E-state index is 0.203. The number of benzene rings is 1.